The Hall–Kier alpha value is -2.45. The summed E-state index contributed by atoms with van der Waals surface area (Å²) >= 11 is 0. The molecule has 6 rings (SSSR count). The second-order valence-corrected chi connectivity index (χ2v) is 9.33. The van der Waals surface area contributed by atoms with Crippen LogP contribution in [0.15, 0.2) is 24.5 Å². The largest absolute Gasteiger partial charge is 0.377 e. The third-order valence-corrected chi connectivity index (χ3v) is 7.46. The molecule has 1 spiro atoms. The molecule has 1 saturated carbocycles. The van der Waals surface area contributed by atoms with Crippen molar-refractivity contribution in [3.8, 4) is 5.82 Å². The van der Waals surface area contributed by atoms with Gasteiger partial charge in [-0.15, -0.1) is 0 Å². The Morgan fingerprint density at radius 3 is 2.84 bits per heavy atom. The van der Waals surface area contributed by atoms with E-state index >= 15 is 0 Å². The summed E-state index contributed by atoms with van der Waals surface area (Å²) in [5.41, 5.74) is 2.41. The third kappa shape index (κ3) is 3.32. The van der Waals surface area contributed by atoms with Crippen molar-refractivity contribution in [1.82, 2.24) is 25.0 Å². The number of fused-ring (bicyclic) bond motifs is 1. The number of nitrogens with zero attached hydrogens (tertiary/aromatic N) is 5. The first kappa shape index (κ1) is 19.3. The highest BCUT2D eigenvalue weighted by Crippen LogP contribution is 2.46. The van der Waals surface area contributed by atoms with Crippen LogP contribution in [0.4, 0.5) is 5.82 Å². The standard InChI is InChI=1S/C23H30N6O2/c1-16-15-30-12-10-28(16)21-13-18(17-3-7-23(8-4-17)6-2-11-31-23)19-14-25-29(22(19)26-21)20-5-9-24-27-20/h5,9,13-14,16-17H,2-4,6-8,10-12,15H2,1H3,(H,24,27)/t16-,17?,23?/m1/s1. The monoisotopic (exact) mass is 422 g/mol. The van der Waals surface area contributed by atoms with E-state index < -0.39 is 0 Å². The Morgan fingerprint density at radius 1 is 1.19 bits per heavy atom. The lowest BCUT2D eigenvalue weighted by Crippen LogP contribution is -2.44. The molecule has 1 N–H and O–H groups in total. The van der Waals surface area contributed by atoms with Crippen LogP contribution in [0.3, 0.4) is 0 Å². The minimum absolute atomic E-state index is 0.143. The maximum Gasteiger partial charge on any atom is 0.167 e. The molecule has 0 radical (unpaired) electrons. The maximum atomic E-state index is 6.18. The predicted molar refractivity (Wildman–Crippen MR) is 118 cm³/mol. The highest BCUT2D eigenvalue weighted by molar-refractivity contribution is 5.83. The van der Waals surface area contributed by atoms with E-state index in [0.717, 1.165) is 74.7 Å². The SMILES string of the molecule is C[C@@H]1COCCN1c1cc(C2CCC3(CCCO3)CC2)c2cnn(-c3ccn[nH]3)c2n1. The first-order valence-corrected chi connectivity index (χ1v) is 11.6. The van der Waals surface area contributed by atoms with Gasteiger partial charge in [0.15, 0.2) is 11.5 Å². The van der Waals surface area contributed by atoms with Crippen LogP contribution in [0, 0.1) is 0 Å². The van der Waals surface area contributed by atoms with Gasteiger partial charge < -0.3 is 14.4 Å². The van der Waals surface area contributed by atoms with Crippen LogP contribution in [-0.2, 0) is 9.47 Å². The average molecular weight is 423 g/mol. The van der Waals surface area contributed by atoms with Gasteiger partial charge in [0.05, 0.1) is 37.3 Å². The van der Waals surface area contributed by atoms with E-state index in [9.17, 15) is 0 Å². The normalized spacial score (nSPS) is 29.3. The van der Waals surface area contributed by atoms with E-state index in [2.05, 4.69) is 33.2 Å². The van der Waals surface area contributed by atoms with Gasteiger partial charge in [0.2, 0.25) is 0 Å². The Balaban J connectivity index is 1.42. The summed E-state index contributed by atoms with van der Waals surface area (Å²) in [6.07, 6.45) is 10.8. The lowest BCUT2D eigenvalue weighted by molar-refractivity contribution is -0.0280. The van der Waals surface area contributed by atoms with Gasteiger partial charge >= 0.3 is 0 Å². The van der Waals surface area contributed by atoms with Crippen molar-refractivity contribution in [2.75, 3.05) is 31.3 Å². The van der Waals surface area contributed by atoms with Crippen molar-refractivity contribution in [2.24, 2.45) is 0 Å². The molecule has 8 nitrogen and oxygen atoms in total. The molecule has 2 aliphatic heterocycles. The Morgan fingerprint density at radius 2 is 2.10 bits per heavy atom. The number of pyridine rings is 1. The molecule has 0 bridgehead atoms. The predicted octanol–water partition coefficient (Wildman–Crippen LogP) is 3.58. The summed E-state index contributed by atoms with van der Waals surface area (Å²) in [4.78, 5) is 7.47. The van der Waals surface area contributed by atoms with Crippen molar-refractivity contribution in [3.05, 3.63) is 30.1 Å². The van der Waals surface area contributed by atoms with Crippen LogP contribution >= 0.6 is 0 Å². The number of anilines is 1. The first-order valence-electron chi connectivity index (χ1n) is 11.6. The van der Waals surface area contributed by atoms with E-state index in [1.165, 1.54) is 18.4 Å². The Kier molecular flexibility index (Phi) is 4.72. The molecule has 5 heterocycles. The van der Waals surface area contributed by atoms with Gasteiger partial charge in [-0.25, -0.2) is 4.98 Å². The van der Waals surface area contributed by atoms with Crippen LogP contribution in [0.2, 0.25) is 0 Å². The van der Waals surface area contributed by atoms with E-state index in [4.69, 9.17) is 14.5 Å². The van der Waals surface area contributed by atoms with Crippen LogP contribution in [0.5, 0.6) is 0 Å². The number of aromatic nitrogens is 5. The molecule has 8 heteroatoms. The minimum Gasteiger partial charge on any atom is -0.377 e. The van der Waals surface area contributed by atoms with Crippen molar-refractivity contribution in [3.63, 3.8) is 0 Å². The topological polar surface area (TPSA) is 81.1 Å². The van der Waals surface area contributed by atoms with E-state index in [-0.39, 0.29) is 5.60 Å². The second kappa shape index (κ2) is 7.60. The molecule has 0 unspecified atom stereocenters. The molecular weight excluding hydrogens is 392 g/mol. The van der Waals surface area contributed by atoms with Gasteiger partial charge in [-0.05, 0) is 63.0 Å². The van der Waals surface area contributed by atoms with Crippen molar-refractivity contribution < 1.29 is 9.47 Å². The summed E-state index contributed by atoms with van der Waals surface area (Å²) < 4.78 is 13.7. The number of rotatable bonds is 3. The number of ether oxygens (including phenoxy) is 2. The van der Waals surface area contributed by atoms with E-state index in [1.807, 2.05) is 16.9 Å². The summed E-state index contributed by atoms with van der Waals surface area (Å²) in [6, 6.07) is 4.55. The summed E-state index contributed by atoms with van der Waals surface area (Å²) in [5.74, 6) is 2.37. The van der Waals surface area contributed by atoms with Crippen LogP contribution in [-0.4, -0.2) is 63.0 Å². The Labute approximate surface area is 181 Å². The number of hydrogen-bond donors (Lipinski definition) is 1. The van der Waals surface area contributed by atoms with Gasteiger partial charge in [0.25, 0.3) is 0 Å². The lowest BCUT2D eigenvalue weighted by atomic mass is 9.74. The lowest BCUT2D eigenvalue weighted by Gasteiger charge is -2.38. The number of nitrogens with one attached hydrogen (secondary N) is 1. The molecule has 3 fully saturated rings. The van der Waals surface area contributed by atoms with Crippen LogP contribution < -0.4 is 4.90 Å². The zero-order valence-electron chi connectivity index (χ0n) is 18.1. The van der Waals surface area contributed by atoms with Gasteiger partial charge in [-0.1, -0.05) is 0 Å². The molecule has 3 aliphatic rings. The highest BCUT2D eigenvalue weighted by Gasteiger charge is 2.39. The zero-order valence-corrected chi connectivity index (χ0v) is 18.1. The fraction of sp³-hybridized carbons (Fsp3) is 0.609. The van der Waals surface area contributed by atoms with Crippen molar-refractivity contribution in [1.29, 1.82) is 0 Å². The number of hydrogen-bond acceptors (Lipinski definition) is 6. The van der Waals surface area contributed by atoms with Gasteiger partial charge in [0.1, 0.15) is 5.82 Å². The van der Waals surface area contributed by atoms with E-state index in [0.29, 0.717) is 12.0 Å². The van der Waals surface area contributed by atoms with Crippen LogP contribution in [0.25, 0.3) is 16.9 Å². The minimum atomic E-state index is 0.143. The smallest absolute Gasteiger partial charge is 0.167 e. The molecule has 1 atom stereocenters. The third-order valence-electron chi connectivity index (χ3n) is 7.46. The summed E-state index contributed by atoms with van der Waals surface area (Å²) in [5, 5.41) is 13.0. The molecule has 0 aromatic carbocycles. The molecule has 1 aliphatic carbocycles. The summed E-state index contributed by atoms with van der Waals surface area (Å²) in [7, 11) is 0. The van der Waals surface area contributed by atoms with Gasteiger partial charge in [-0.2, -0.15) is 14.9 Å². The fourth-order valence-corrected chi connectivity index (χ4v) is 5.71. The molecule has 31 heavy (non-hydrogen) atoms. The molecular formula is C23H30N6O2. The molecule has 3 aromatic rings. The molecule has 3 aromatic heterocycles. The quantitative estimate of drug-likeness (QED) is 0.695. The Bertz CT molecular complexity index is 1050. The summed E-state index contributed by atoms with van der Waals surface area (Å²) in [6.45, 7) is 5.47. The fourth-order valence-electron chi connectivity index (χ4n) is 5.71. The average Bonchev–Trinajstić information content (AvgIpc) is 3.55. The molecule has 0 amide bonds. The number of H-pyrrole nitrogens is 1. The zero-order chi connectivity index (χ0) is 20.8. The number of morpholine rings is 1. The highest BCUT2D eigenvalue weighted by atomic mass is 16.5. The van der Waals surface area contributed by atoms with E-state index in [1.54, 1.807) is 6.20 Å². The maximum absolute atomic E-state index is 6.18. The second-order valence-electron chi connectivity index (χ2n) is 9.33. The van der Waals surface area contributed by atoms with Gasteiger partial charge in [0, 0.05) is 24.6 Å². The van der Waals surface area contributed by atoms with Crippen LogP contribution in [0.1, 0.15) is 56.9 Å². The van der Waals surface area contributed by atoms with Gasteiger partial charge in [-0.3, -0.25) is 5.10 Å². The number of aromatic amines is 1. The first-order chi connectivity index (χ1) is 15.2. The molecule has 164 valence electrons. The van der Waals surface area contributed by atoms with Crippen molar-refractivity contribution >= 4 is 16.9 Å². The molecule has 2 saturated heterocycles. The van der Waals surface area contributed by atoms with Crippen molar-refractivity contribution in [2.45, 2.75) is 63.0 Å².